The van der Waals surface area contributed by atoms with Crippen molar-refractivity contribution < 1.29 is 19.0 Å². The molecule has 2 aromatic carbocycles. The number of methoxy groups -OCH3 is 2. The first-order valence-corrected chi connectivity index (χ1v) is 9.73. The Kier molecular flexibility index (Phi) is 6.50. The van der Waals surface area contributed by atoms with Crippen molar-refractivity contribution in [1.82, 2.24) is 0 Å². The zero-order valence-corrected chi connectivity index (χ0v) is 16.9. The Morgan fingerprint density at radius 3 is 2.04 bits per heavy atom. The van der Waals surface area contributed by atoms with Crippen LogP contribution in [0.4, 0.5) is 0 Å². The highest BCUT2D eigenvalue weighted by molar-refractivity contribution is 7.17. The van der Waals surface area contributed by atoms with Gasteiger partial charge in [-0.2, -0.15) is 0 Å². The lowest BCUT2D eigenvalue weighted by molar-refractivity contribution is -0.137. The molecule has 28 heavy (non-hydrogen) atoms. The molecule has 0 amide bonds. The maximum atomic E-state index is 11.7. The topological polar surface area (TPSA) is 44.8 Å². The summed E-state index contributed by atoms with van der Waals surface area (Å²) in [7, 11) is 3.31. The minimum atomic E-state index is -0.340. The Morgan fingerprint density at radius 2 is 1.50 bits per heavy atom. The third-order valence-corrected chi connectivity index (χ3v) is 5.32. The molecule has 3 rings (SSSR count). The summed E-state index contributed by atoms with van der Waals surface area (Å²) < 4.78 is 15.5. The van der Waals surface area contributed by atoms with Gasteiger partial charge in [0, 0.05) is 21.4 Å². The molecule has 0 atom stereocenters. The normalized spacial score (nSPS) is 10.8. The molecule has 0 fully saturated rings. The van der Waals surface area contributed by atoms with Gasteiger partial charge in [-0.1, -0.05) is 12.1 Å². The van der Waals surface area contributed by atoms with Crippen LogP contribution in [0, 0.1) is 0 Å². The smallest absolute Gasteiger partial charge is 0.330 e. The highest BCUT2D eigenvalue weighted by Crippen LogP contribution is 2.40. The molecule has 5 heteroatoms. The van der Waals surface area contributed by atoms with Crippen LogP contribution >= 0.6 is 11.3 Å². The van der Waals surface area contributed by atoms with Gasteiger partial charge in [0.25, 0.3) is 0 Å². The average Bonchev–Trinajstić information content (AvgIpc) is 3.17. The maximum Gasteiger partial charge on any atom is 0.330 e. The summed E-state index contributed by atoms with van der Waals surface area (Å²) in [6.45, 7) is 2.16. The third kappa shape index (κ3) is 4.61. The number of esters is 1. The lowest BCUT2D eigenvalue weighted by Gasteiger charge is -2.07. The van der Waals surface area contributed by atoms with Crippen molar-refractivity contribution in [2.75, 3.05) is 20.8 Å². The highest BCUT2D eigenvalue weighted by Gasteiger charge is 2.13. The average molecular weight is 394 g/mol. The summed E-state index contributed by atoms with van der Waals surface area (Å²) in [6, 6.07) is 18.0. The maximum absolute atomic E-state index is 11.7. The number of hydrogen-bond donors (Lipinski definition) is 0. The molecule has 144 valence electrons. The molecule has 0 saturated carbocycles. The minimum absolute atomic E-state index is 0.340. The van der Waals surface area contributed by atoms with Crippen molar-refractivity contribution in [3.63, 3.8) is 0 Å². The van der Waals surface area contributed by atoms with Crippen LogP contribution in [0.25, 0.3) is 27.6 Å². The fourth-order valence-electron chi connectivity index (χ4n) is 2.77. The number of hydrogen-bond acceptors (Lipinski definition) is 5. The number of benzene rings is 2. The van der Waals surface area contributed by atoms with Gasteiger partial charge in [-0.25, -0.2) is 4.79 Å². The van der Waals surface area contributed by atoms with Crippen LogP contribution in [0.2, 0.25) is 0 Å². The highest BCUT2D eigenvalue weighted by atomic mass is 32.1. The molecule has 0 radical (unpaired) electrons. The van der Waals surface area contributed by atoms with E-state index in [2.05, 4.69) is 6.07 Å². The molecule has 0 bridgehead atoms. The quantitative estimate of drug-likeness (QED) is 0.382. The van der Waals surface area contributed by atoms with Crippen molar-refractivity contribution in [3.05, 3.63) is 65.6 Å². The Morgan fingerprint density at radius 1 is 0.929 bits per heavy atom. The van der Waals surface area contributed by atoms with Crippen LogP contribution in [0.15, 0.2) is 60.7 Å². The number of ether oxygens (including phenoxy) is 3. The van der Waals surface area contributed by atoms with E-state index in [1.165, 1.54) is 6.08 Å². The van der Waals surface area contributed by atoms with Crippen LogP contribution in [0.3, 0.4) is 0 Å². The molecule has 3 aromatic rings. The van der Waals surface area contributed by atoms with Crippen LogP contribution < -0.4 is 9.47 Å². The molecule has 0 N–H and O–H groups in total. The van der Waals surface area contributed by atoms with E-state index in [4.69, 9.17) is 14.2 Å². The van der Waals surface area contributed by atoms with E-state index < -0.39 is 0 Å². The lowest BCUT2D eigenvalue weighted by Crippen LogP contribution is -1.98. The molecule has 0 aliphatic heterocycles. The second-order valence-electron chi connectivity index (χ2n) is 5.93. The summed E-state index contributed by atoms with van der Waals surface area (Å²) in [4.78, 5) is 13.8. The molecule has 1 aromatic heterocycles. The van der Waals surface area contributed by atoms with Crippen LogP contribution in [0.5, 0.6) is 11.5 Å². The summed E-state index contributed by atoms with van der Waals surface area (Å²) in [5.74, 6) is 1.29. The van der Waals surface area contributed by atoms with Gasteiger partial charge in [0.15, 0.2) is 0 Å². The minimum Gasteiger partial charge on any atom is -0.497 e. The Hall–Kier alpha value is -3.05. The van der Waals surface area contributed by atoms with Crippen molar-refractivity contribution in [1.29, 1.82) is 0 Å². The van der Waals surface area contributed by atoms with Crippen molar-refractivity contribution in [2.24, 2.45) is 0 Å². The van der Waals surface area contributed by atoms with Crippen LogP contribution in [0.1, 0.15) is 11.8 Å². The fraction of sp³-hybridized carbons (Fsp3) is 0.174. The first-order valence-electron chi connectivity index (χ1n) is 8.92. The number of thiophene rings is 1. The molecular weight excluding hydrogens is 372 g/mol. The molecule has 4 nitrogen and oxygen atoms in total. The molecule has 0 aliphatic rings. The van der Waals surface area contributed by atoms with Crippen molar-refractivity contribution in [3.8, 4) is 33.1 Å². The van der Waals surface area contributed by atoms with E-state index in [0.717, 1.165) is 37.9 Å². The van der Waals surface area contributed by atoms with Crippen LogP contribution in [-0.4, -0.2) is 26.8 Å². The van der Waals surface area contributed by atoms with E-state index in [9.17, 15) is 4.79 Å². The zero-order chi connectivity index (χ0) is 19.9. The Bertz CT molecular complexity index is 888. The lowest BCUT2D eigenvalue weighted by atomic mass is 10.0. The van der Waals surface area contributed by atoms with Gasteiger partial charge in [-0.15, -0.1) is 11.3 Å². The Labute approximate surface area is 169 Å². The van der Waals surface area contributed by atoms with Gasteiger partial charge in [0.2, 0.25) is 0 Å². The number of carbonyl (C=O) groups excluding carboxylic acids is 1. The van der Waals surface area contributed by atoms with Gasteiger partial charge in [0.1, 0.15) is 11.5 Å². The third-order valence-electron chi connectivity index (χ3n) is 4.17. The van der Waals surface area contributed by atoms with Crippen LogP contribution in [-0.2, 0) is 9.53 Å². The predicted molar refractivity (Wildman–Crippen MR) is 114 cm³/mol. The van der Waals surface area contributed by atoms with Gasteiger partial charge < -0.3 is 14.2 Å². The molecule has 0 aliphatic carbocycles. The first kappa shape index (κ1) is 19.7. The molecule has 0 saturated heterocycles. The van der Waals surface area contributed by atoms with Gasteiger partial charge in [-0.3, -0.25) is 0 Å². The summed E-state index contributed by atoms with van der Waals surface area (Å²) >= 11 is 1.62. The van der Waals surface area contributed by atoms with E-state index in [1.807, 2.05) is 48.5 Å². The van der Waals surface area contributed by atoms with E-state index in [1.54, 1.807) is 38.6 Å². The fourth-order valence-corrected chi connectivity index (χ4v) is 3.86. The van der Waals surface area contributed by atoms with Crippen molar-refractivity contribution >= 4 is 23.4 Å². The van der Waals surface area contributed by atoms with E-state index in [-0.39, 0.29) is 5.97 Å². The predicted octanol–water partition coefficient (Wildman–Crippen LogP) is 5.68. The van der Waals surface area contributed by atoms with Crippen molar-refractivity contribution in [2.45, 2.75) is 6.92 Å². The molecule has 1 heterocycles. The van der Waals surface area contributed by atoms with E-state index in [0.29, 0.717) is 6.61 Å². The number of rotatable bonds is 7. The zero-order valence-electron chi connectivity index (χ0n) is 16.1. The van der Waals surface area contributed by atoms with E-state index >= 15 is 0 Å². The SMILES string of the molecule is CCOC(=O)/C=C/c1cc(-c2ccc(OC)cc2)c(-c2ccc(OC)cc2)s1. The molecular formula is C23H22O4S. The Balaban J connectivity index is 2.02. The molecule has 0 spiro atoms. The second-order valence-corrected chi connectivity index (χ2v) is 7.02. The monoisotopic (exact) mass is 394 g/mol. The van der Waals surface area contributed by atoms with Gasteiger partial charge >= 0.3 is 5.97 Å². The van der Waals surface area contributed by atoms with Gasteiger partial charge in [0.05, 0.1) is 20.8 Å². The summed E-state index contributed by atoms with van der Waals surface area (Å²) in [6.07, 6.45) is 3.26. The summed E-state index contributed by atoms with van der Waals surface area (Å²) in [5.41, 5.74) is 3.27. The standard InChI is InChI=1S/C23H22O4S/c1-4-27-22(24)14-13-20-15-21(16-5-9-18(25-2)10-6-16)23(28-20)17-7-11-19(26-3)12-8-17/h5-15H,4H2,1-3H3/b14-13+. The first-order chi connectivity index (χ1) is 13.6. The van der Waals surface area contributed by atoms with Gasteiger partial charge in [-0.05, 0) is 66.6 Å². The number of carbonyl (C=O) groups is 1. The molecule has 0 unspecified atom stereocenters. The largest absolute Gasteiger partial charge is 0.497 e. The second kappa shape index (κ2) is 9.24. The summed E-state index contributed by atoms with van der Waals surface area (Å²) in [5, 5.41) is 0.